The summed E-state index contributed by atoms with van der Waals surface area (Å²) in [5, 5.41) is 14.2. The van der Waals surface area contributed by atoms with Gasteiger partial charge in [0.1, 0.15) is 5.75 Å². The van der Waals surface area contributed by atoms with Gasteiger partial charge in [-0.15, -0.1) is 0 Å². The van der Waals surface area contributed by atoms with Gasteiger partial charge in [0.15, 0.2) is 5.69 Å². The predicted octanol–water partition coefficient (Wildman–Crippen LogP) is 4.45. The first-order chi connectivity index (χ1) is 12.2. The molecule has 7 nitrogen and oxygen atoms in total. The van der Waals surface area contributed by atoms with Crippen LogP contribution in [0.4, 0.5) is 0 Å². The lowest BCUT2D eigenvalue weighted by Crippen LogP contribution is -2.06. The second-order valence-electron chi connectivity index (χ2n) is 5.47. The van der Waals surface area contributed by atoms with Crippen molar-refractivity contribution in [2.75, 3.05) is 7.11 Å². The standard InChI is InChI=1S/C17H16Cl2N2O5/c1-9(2)21-16(26-12-7-10(18)6-11(19)8-12)13(4-5-14(22)25-3)15(20-21)17(23)24/h4-9H,1-3H3,(H,23,24). The highest BCUT2D eigenvalue weighted by atomic mass is 35.5. The highest BCUT2D eigenvalue weighted by Crippen LogP contribution is 2.34. The van der Waals surface area contributed by atoms with E-state index in [2.05, 4.69) is 9.84 Å². The molecule has 1 aromatic heterocycles. The molecule has 1 aromatic carbocycles. The van der Waals surface area contributed by atoms with Crippen LogP contribution in [0.3, 0.4) is 0 Å². The molecule has 0 atom stereocenters. The molecule has 0 saturated carbocycles. The SMILES string of the molecule is COC(=O)C=Cc1c(C(=O)O)nn(C(C)C)c1Oc1cc(Cl)cc(Cl)c1. The van der Waals surface area contributed by atoms with Crippen LogP contribution in [-0.2, 0) is 9.53 Å². The number of carboxylic acid groups (broad SMARTS) is 1. The summed E-state index contributed by atoms with van der Waals surface area (Å²) in [6.07, 6.45) is 2.37. The lowest BCUT2D eigenvalue weighted by Gasteiger charge is -2.13. The third kappa shape index (κ3) is 4.56. The number of carbonyl (C=O) groups excluding carboxylic acids is 1. The summed E-state index contributed by atoms with van der Waals surface area (Å²) in [4.78, 5) is 23.0. The van der Waals surface area contributed by atoms with E-state index in [1.54, 1.807) is 0 Å². The molecule has 0 unspecified atom stereocenters. The fourth-order valence-electron chi connectivity index (χ4n) is 2.11. The lowest BCUT2D eigenvalue weighted by molar-refractivity contribution is -0.134. The number of halogens is 2. The first-order valence-electron chi connectivity index (χ1n) is 7.48. The Morgan fingerprint density at radius 3 is 2.35 bits per heavy atom. The highest BCUT2D eigenvalue weighted by molar-refractivity contribution is 6.34. The van der Waals surface area contributed by atoms with Gasteiger partial charge in [0.25, 0.3) is 0 Å². The molecule has 1 heterocycles. The van der Waals surface area contributed by atoms with E-state index in [9.17, 15) is 14.7 Å². The van der Waals surface area contributed by atoms with E-state index >= 15 is 0 Å². The molecule has 2 rings (SSSR count). The van der Waals surface area contributed by atoms with Crippen molar-refractivity contribution in [2.45, 2.75) is 19.9 Å². The van der Waals surface area contributed by atoms with Crippen LogP contribution in [0.5, 0.6) is 11.6 Å². The minimum absolute atomic E-state index is 0.118. The second-order valence-corrected chi connectivity index (χ2v) is 6.35. The average Bonchev–Trinajstić information content (AvgIpc) is 2.90. The topological polar surface area (TPSA) is 90.7 Å². The number of carbonyl (C=O) groups is 2. The van der Waals surface area contributed by atoms with E-state index in [4.69, 9.17) is 27.9 Å². The van der Waals surface area contributed by atoms with Gasteiger partial charge < -0.3 is 14.6 Å². The van der Waals surface area contributed by atoms with Gasteiger partial charge in [-0.2, -0.15) is 5.10 Å². The minimum atomic E-state index is -1.26. The summed E-state index contributed by atoms with van der Waals surface area (Å²) in [6.45, 7) is 3.62. The Balaban J connectivity index is 2.61. The van der Waals surface area contributed by atoms with Crippen molar-refractivity contribution in [1.29, 1.82) is 0 Å². The maximum Gasteiger partial charge on any atom is 0.357 e. The van der Waals surface area contributed by atoms with Crippen molar-refractivity contribution in [3.05, 3.63) is 45.6 Å². The van der Waals surface area contributed by atoms with Crippen molar-refractivity contribution in [3.8, 4) is 11.6 Å². The summed E-state index contributed by atoms with van der Waals surface area (Å²) < 4.78 is 11.8. The van der Waals surface area contributed by atoms with Crippen molar-refractivity contribution in [3.63, 3.8) is 0 Å². The van der Waals surface area contributed by atoms with Gasteiger partial charge in [-0.3, -0.25) is 0 Å². The number of nitrogens with zero attached hydrogens (tertiary/aromatic N) is 2. The average molecular weight is 399 g/mol. The zero-order valence-corrected chi connectivity index (χ0v) is 15.7. The Hall–Kier alpha value is -2.51. The molecule has 0 spiro atoms. The van der Waals surface area contributed by atoms with E-state index in [0.717, 1.165) is 6.08 Å². The third-order valence-electron chi connectivity index (χ3n) is 3.23. The van der Waals surface area contributed by atoms with Crippen LogP contribution in [0, 0.1) is 0 Å². The number of hydrogen-bond donors (Lipinski definition) is 1. The monoisotopic (exact) mass is 398 g/mol. The number of hydrogen-bond acceptors (Lipinski definition) is 5. The molecule has 0 saturated heterocycles. The summed E-state index contributed by atoms with van der Waals surface area (Å²) in [6, 6.07) is 4.38. The molecular weight excluding hydrogens is 383 g/mol. The van der Waals surface area contributed by atoms with Crippen molar-refractivity contribution < 1.29 is 24.2 Å². The summed E-state index contributed by atoms with van der Waals surface area (Å²) in [7, 11) is 1.22. The Labute approximate surface area is 159 Å². The van der Waals surface area contributed by atoms with Gasteiger partial charge in [0.2, 0.25) is 5.88 Å². The number of carboxylic acids is 1. The zero-order valence-electron chi connectivity index (χ0n) is 14.2. The molecule has 0 amide bonds. The normalized spacial score (nSPS) is 11.2. The summed E-state index contributed by atoms with van der Waals surface area (Å²) >= 11 is 12.0. The van der Waals surface area contributed by atoms with Crippen LogP contribution >= 0.6 is 23.2 Å². The molecule has 0 aliphatic heterocycles. The molecule has 0 aliphatic carbocycles. The van der Waals surface area contributed by atoms with Crippen LogP contribution < -0.4 is 4.74 Å². The molecule has 138 valence electrons. The van der Waals surface area contributed by atoms with Crippen LogP contribution in [0.1, 0.15) is 35.9 Å². The van der Waals surface area contributed by atoms with Crippen LogP contribution in [0.2, 0.25) is 10.0 Å². The van der Waals surface area contributed by atoms with Gasteiger partial charge in [0.05, 0.1) is 18.7 Å². The van der Waals surface area contributed by atoms with Gasteiger partial charge in [-0.05, 0) is 38.1 Å². The molecular formula is C17H16Cl2N2O5. The number of esters is 1. The largest absolute Gasteiger partial charge is 0.476 e. The van der Waals surface area contributed by atoms with E-state index in [0.29, 0.717) is 15.8 Å². The lowest BCUT2D eigenvalue weighted by atomic mass is 10.2. The molecule has 1 N–H and O–H groups in total. The quantitative estimate of drug-likeness (QED) is 0.570. The van der Waals surface area contributed by atoms with Crippen LogP contribution in [0.25, 0.3) is 6.08 Å². The summed E-state index contributed by atoms with van der Waals surface area (Å²) in [5.74, 6) is -1.47. The molecule has 0 radical (unpaired) electrons. The first kappa shape index (κ1) is 19.8. The Morgan fingerprint density at radius 1 is 1.23 bits per heavy atom. The molecule has 0 bridgehead atoms. The number of benzene rings is 1. The van der Waals surface area contributed by atoms with Gasteiger partial charge in [0, 0.05) is 16.1 Å². The number of ether oxygens (including phenoxy) is 2. The molecule has 0 aliphatic rings. The molecule has 2 aromatic rings. The molecule has 26 heavy (non-hydrogen) atoms. The van der Waals surface area contributed by atoms with E-state index in [1.807, 2.05) is 13.8 Å². The fraction of sp³-hybridized carbons (Fsp3) is 0.235. The second kappa shape index (κ2) is 8.25. The number of rotatable bonds is 6. The number of methoxy groups -OCH3 is 1. The zero-order chi connectivity index (χ0) is 19.4. The van der Waals surface area contributed by atoms with Crippen LogP contribution in [-0.4, -0.2) is 33.9 Å². The van der Waals surface area contributed by atoms with Gasteiger partial charge in [-0.25, -0.2) is 14.3 Å². The Bertz CT molecular complexity index is 854. The maximum absolute atomic E-state index is 11.6. The van der Waals surface area contributed by atoms with Crippen LogP contribution in [0.15, 0.2) is 24.3 Å². The molecule has 0 fully saturated rings. The number of aromatic nitrogens is 2. The maximum atomic E-state index is 11.6. The third-order valence-corrected chi connectivity index (χ3v) is 3.67. The predicted molar refractivity (Wildman–Crippen MR) is 97.2 cm³/mol. The number of aromatic carboxylic acids is 1. The minimum Gasteiger partial charge on any atom is -0.476 e. The highest BCUT2D eigenvalue weighted by Gasteiger charge is 2.24. The Kier molecular flexibility index (Phi) is 6.28. The van der Waals surface area contributed by atoms with E-state index in [-0.39, 0.29) is 23.2 Å². The first-order valence-corrected chi connectivity index (χ1v) is 8.24. The van der Waals surface area contributed by atoms with E-state index in [1.165, 1.54) is 36.1 Å². The van der Waals surface area contributed by atoms with Crippen molar-refractivity contribution in [2.24, 2.45) is 0 Å². The van der Waals surface area contributed by atoms with Crippen molar-refractivity contribution >= 4 is 41.2 Å². The fourth-order valence-corrected chi connectivity index (χ4v) is 2.62. The van der Waals surface area contributed by atoms with Crippen molar-refractivity contribution in [1.82, 2.24) is 9.78 Å². The smallest absolute Gasteiger partial charge is 0.357 e. The van der Waals surface area contributed by atoms with E-state index < -0.39 is 11.9 Å². The van der Waals surface area contributed by atoms with Gasteiger partial charge in [-0.1, -0.05) is 23.2 Å². The molecule has 9 heteroatoms. The Morgan fingerprint density at radius 2 is 1.85 bits per heavy atom. The van der Waals surface area contributed by atoms with Gasteiger partial charge >= 0.3 is 11.9 Å². The summed E-state index contributed by atoms with van der Waals surface area (Å²) in [5.41, 5.74) is -0.144.